The van der Waals surface area contributed by atoms with Crippen LogP contribution in [0.25, 0.3) is 5.76 Å². The minimum Gasteiger partial charge on any atom is -0.507 e. The quantitative estimate of drug-likeness (QED) is 0.245. The smallest absolute Gasteiger partial charge is 0.337 e. The Morgan fingerprint density at radius 3 is 2.20 bits per heavy atom. The first-order chi connectivity index (χ1) is 16.8. The molecule has 1 aromatic heterocycles. The molecule has 1 aliphatic rings. The Hall–Kier alpha value is -4.60. The standard InChI is InChI=1S/C25H22N2O8/c1-13-11-19(26-35-13)27-21(14-5-7-15(8-6-14)25(31)34-4)20(23(29)24(27)30)22(28)16-9-10-17(32-2)18(12-16)33-3/h5-12,21,28H,1-4H3/b22-20+/t21-/m1/s1. The predicted molar refractivity (Wildman–Crippen MR) is 123 cm³/mol. The summed E-state index contributed by atoms with van der Waals surface area (Å²) in [7, 11) is 4.18. The van der Waals surface area contributed by atoms with E-state index in [1.165, 1.54) is 45.6 Å². The lowest BCUT2D eigenvalue weighted by Crippen LogP contribution is -2.29. The van der Waals surface area contributed by atoms with Crippen molar-refractivity contribution in [3.05, 3.63) is 76.6 Å². The van der Waals surface area contributed by atoms with Gasteiger partial charge in [0, 0.05) is 11.6 Å². The Morgan fingerprint density at radius 2 is 1.63 bits per heavy atom. The molecule has 1 amide bonds. The Bertz CT molecular complexity index is 1340. The molecular weight excluding hydrogens is 456 g/mol. The maximum atomic E-state index is 13.2. The summed E-state index contributed by atoms with van der Waals surface area (Å²) in [6.45, 7) is 1.65. The van der Waals surface area contributed by atoms with Crippen molar-refractivity contribution in [1.82, 2.24) is 5.16 Å². The van der Waals surface area contributed by atoms with Crippen LogP contribution in [-0.2, 0) is 14.3 Å². The van der Waals surface area contributed by atoms with Gasteiger partial charge in [0.1, 0.15) is 11.5 Å². The topological polar surface area (TPSA) is 128 Å². The Balaban J connectivity index is 1.91. The number of carbonyl (C=O) groups excluding carboxylic acids is 3. The first-order valence-electron chi connectivity index (χ1n) is 10.5. The van der Waals surface area contributed by atoms with Crippen LogP contribution in [-0.4, -0.2) is 49.3 Å². The van der Waals surface area contributed by atoms with Crippen LogP contribution in [0.3, 0.4) is 0 Å². The van der Waals surface area contributed by atoms with Crippen molar-refractivity contribution in [3.63, 3.8) is 0 Å². The fourth-order valence-electron chi connectivity index (χ4n) is 3.91. The van der Waals surface area contributed by atoms with Gasteiger partial charge >= 0.3 is 11.9 Å². The molecule has 3 aromatic rings. The Labute approximate surface area is 200 Å². The number of anilines is 1. The van der Waals surface area contributed by atoms with Gasteiger partial charge in [0.05, 0.1) is 38.5 Å². The summed E-state index contributed by atoms with van der Waals surface area (Å²) in [6, 6.07) is 11.2. The zero-order chi connectivity index (χ0) is 25.3. The average Bonchev–Trinajstić information content (AvgIpc) is 3.42. The second-order valence-corrected chi connectivity index (χ2v) is 7.65. The number of Topliss-reactive ketones (excluding diaryl/α,β-unsaturated/α-hetero) is 1. The molecule has 35 heavy (non-hydrogen) atoms. The molecule has 10 heteroatoms. The van der Waals surface area contributed by atoms with Gasteiger partial charge in [-0.3, -0.25) is 14.5 Å². The van der Waals surface area contributed by atoms with Gasteiger partial charge in [-0.2, -0.15) is 0 Å². The Kier molecular flexibility index (Phi) is 6.28. The second-order valence-electron chi connectivity index (χ2n) is 7.65. The number of ketones is 1. The third kappa shape index (κ3) is 4.10. The summed E-state index contributed by atoms with van der Waals surface area (Å²) in [5.74, 6) is -1.44. The molecule has 1 atom stereocenters. The zero-order valence-electron chi connectivity index (χ0n) is 19.4. The van der Waals surface area contributed by atoms with Crippen LogP contribution in [0, 0.1) is 6.92 Å². The molecule has 2 aromatic carbocycles. The third-order valence-corrected chi connectivity index (χ3v) is 5.61. The summed E-state index contributed by atoms with van der Waals surface area (Å²) in [4.78, 5) is 39.3. The number of benzene rings is 2. The number of aromatic nitrogens is 1. The van der Waals surface area contributed by atoms with Crippen LogP contribution in [0.1, 0.15) is 33.3 Å². The van der Waals surface area contributed by atoms with Crippen LogP contribution < -0.4 is 14.4 Å². The number of aliphatic hydroxyl groups excluding tert-OH is 1. The lowest BCUT2D eigenvalue weighted by molar-refractivity contribution is -0.132. The van der Waals surface area contributed by atoms with E-state index in [9.17, 15) is 19.5 Å². The van der Waals surface area contributed by atoms with Crippen molar-refractivity contribution < 1.29 is 38.2 Å². The van der Waals surface area contributed by atoms with E-state index in [2.05, 4.69) is 5.16 Å². The highest BCUT2D eigenvalue weighted by Crippen LogP contribution is 2.42. The zero-order valence-corrected chi connectivity index (χ0v) is 19.4. The molecule has 180 valence electrons. The van der Waals surface area contributed by atoms with Gasteiger partial charge in [-0.25, -0.2) is 4.79 Å². The third-order valence-electron chi connectivity index (χ3n) is 5.61. The van der Waals surface area contributed by atoms with Crippen molar-refractivity contribution in [2.24, 2.45) is 0 Å². The van der Waals surface area contributed by atoms with Crippen LogP contribution in [0.15, 0.2) is 58.6 Å². The van der Waals surface area contributed by atoms with Crippen LogP contribution >= 0.6 is 0 Å². The number of esters is 1. The lowest BCUT2D eigenvalue weighted by atomic mass is 9.94. The summed E-state index contributed by atoms with van der Waals surface area (Å²) < 4.78 is 20.4. The van der Waals surface area contributed by atoms with Crippen molar-refractivity contribution in [1.29, 1.82) is 0 Å². The molecule has 1 N–H and O–H groups in total. The number of aliphatic hydroxyl groups is 1. The second kappa shape index (κ2) is 9.34. The first-order valence-corrected chi connectivity index (χ1v) is 10.5. The Morgan fingerprint density at radius 1 is 0.971 bits per heavy atom. The van der Waals surface area contributed by atoms with Crippen molar-refractivity contribution in [3.8, 4) is 11.5 Å². The molecule has 0 spiro atoms. The van der Waals surface area contributed by atoms with E-state index in [0.717, 1.165) is 4.90 Å². The van der Waals surface area contributed by atoms with Gasteiger partial charge in [-0.1, -0.05) is 17.3 Å². The van der Waals surface area contributed by atoms with Crippen LogP contribution in [0.2, 0.25) is 0 Å². The minimum absolute atomic E-state index is 0.109. The van der Waals surface area contributed by atoms with E-state index in [-0.39, 0.29) is 22.5 Å². The fourth-order valence-corrected chi connectivity index (χ4v) is 3.91. The summed E-state index contributed by atoms with van der Waals surface area (Å²) in [5.41, 5.74) is 0.826. The molecule has 0 radical (unpaired) electrons. The van der Waals surface area contributed by atoms with Gasteiger partial charge in [0.2, 0.25) is 0 Å². The van der Waals surface area contributed by atoms with Crippen molar-refractivity contribution >= 4 is 29.2 Å². The normalized spacial score (nSPS) is 16.9. The summed E-state index contributed by atoms with van der Waals surface area (Å²) >= 11 is 0. The largest absolute Gasteiger partial charge is 0.507 e. The van der Waals surface area contributed by atoms with E-state index in [1.54, 1.807) is 31.2 Å². The highest BCUT2D eigenvalue weighted by molar-refractivity contribution is 6.51. The van der Waals surface area contributed by atoms with Gasteiger partial charge in [0.25, 0.3) is 5.78 Å². The number of hydrogen-bond acceptors (Lipinski definition) is 9. The fraction of sp³-hybridized carbons (Fsp3) is 0.200. The van der Waals surface area contributed by atoms with Gasteiger partial charge in [0.15, 0.2) is 17.3 Å². The average molecular weight is 478 g/mol. The first kappa shape index (κ1) is 23.6. The van der Waals surface area contributed by atoms with Crippen molar-refractivity contribution in [2.75, 3.05) is 26.2 Å². The molecule has 4 rings (SSSR count). The number of carbonyl (C=O) groups is 3. The lowest BCUT2D eigenvalue weighted by Gasteiger charge is -2.23. The molecule has 0 aliphatic carbocycles. The number of rotatable bonds is 6. The highest BCUT2D eigenvalue weighted by atomic mass is 16.5. The van der Waals surface area contributed by atoms with Crippen LogP contribution in [0.4, 0.5) is 5.82 Å². The van der Waals surface area contributed by atoms with Crippen LogP contribution in [0.5, 0.6) is 11.5 Å². The van der Waals surface area contributed by atoms with Gasteiger partial charge in [-0.15, -0.1) is 0 Å². The molecule has 2 heterocycles. The predicted octanol–water partition coefficient (Wildman–Crippen LogP) is 3.41. The summed E-state index contributed by atoms with van der Waals surface area (Å²) in [5, 5.41) is 15.1. The molecule has 1 fully saturated rings. The molecular formula is C25H22N2O8. The molecule has 0 bridgehead atoms. The molecule has 1 aliphatic heterocycles. The molecule has 0 unspecified atom stereocenters. The van der Waals surface area contributed by atoms with E-state index in [0.29, 0.717) is 22.8 Å². The molecule has 10 nitrogen and oxygen atoms in total. The number of nitrogens with zero attached hydrogens (tertiary/aromatic N) is 2. The molecule has 1 saturated heterocycles. The maximum Gasteiger partial charge on any atom is 0.337 e. The maximum absolute atomic E-state index is 13.2. The number of amides is 1. The van der Waals surface area contributed by atoms with E-state index in [4.69, 9.17) is 18.7 Å². The number of methoxy groups -OCH3 is 3. The molecule has 0 saturated carbocycles. The number of aryl methyl sites for hydroxylation is 1. The van der Waals surface area contributed by atoms with E-state index < -0.39 is 29.5 Å². The SMILES string of the molecule is COC(=O)c1ccc([C@@H]2/C(=C(\O)c3ccc(OC)c(OC)c3)C(=O)C(=O)N2c2cc(C)on2)cc1. The van der Waals surface area contributed by atoms with Crippen molar-refractivity contribution in [2.45, 2.75) is 13.0 Å². The van der Waals surface area contributed by atoms with E-state index >= 15 is 0 Å². The van der Waals surface area contributed by atoms with E-state index in [1.807, 2.05) is 0 Å². The number of hydrogen-bond donors (Lipinski definition) is 1. The van der Waals surface area contributed by atoms with Gasteiger partial charge in [-0.05, 0) is 42.8 Å². The number of ether oxygens (including phenoxy) is 3. The minimum atomic E-state index is -1.04. The monoisotopic (exact) mass is 478 g/mol. The van der Waals surface area contributed by atoms with Gasteiger partial charge < -0.3 is 23.8 Å². The summed E-state index contributed by atoms with van der Waals surface area (Å²) in [6.07, 6.45) is 0. The highest BCUT2D eigenvalue weighted by Gasteiger charge is 2.48.